The van der Waals surface area contributed by atoms with E-state index >= 15 is 0 Å². The zero-order chi connectivity index (χ0) is 19.5. The van der Waals surface area contributed by atoms with Crippen molar-refractivity contribution in [2.75, 3.05) is 12.4 Å². The number of halogens is 2. The topological polar surface area (TPSA) is 84.5 Å². The van der Waals surface area contributed by atoms with Gasteiger partial charge in [0.1, 0.15) is 5.75 Å². The lowest BCUT2D eigenvalue weighted by Crippen LogP contribution is -2.41. The molecule has 0 heterocycles. The maximum absolute atomic E-state index is 12.5. The van der Waals surface area contributed by atoms with Gasteiger partial charge in [0.15, 0.2) is 0 Å². The number of methoxy groups -OCH3 is 1. The molecule has 0 aliphatic heterocycles. The normalized spacial score (nSPS) is 12.5. The predicted octanol–water partition coefficient (Wildman–Crippen LogP) is 3.62. The molecule has 0 spiro atoms. The number of hydrogen-bond acceptors (Lipinski definition) is 4. The largest absolute Gasteiger partial charge is 0.496 e. The molecule has 0 aliphatic carbocycles. The summed E-state index contributed by atoms with van der Waals surface area (Å²) in [5.74, 6) is 0.00770. The first-order valence-electron chi connectivity index (χ1n) is 7.57. The van der Waals surface area contributed by atoms with E-state index in [2.05, 4.69) is 10.0 Å². The van der Waals surface area contributed by atoms with E-state index in [1.807, 2.05) is 0 Å². The molecule has 140 valence electrons. The Balaban J connectivity index is 2.14. The van der Waals surface area contributed by atoms with Gasteiger partial charge < -0.3 is 10.1 Å². The van der Waals surface area contributed by atoms with Gasteiger partial charge in [0.25, 0.3) is 0 Å². The number of hydrogen-bond donors (Lipinski definition) is 2. The summed E-state index contributed by atoms with van der Waals surface area (Å²) in [5, 5.41) is 3.02. The molecule has 0 radical (unpaired) electrons. The van der Waals surface area contributed by atoms with Crippen LogP contribution in [0.2, 0.25) is 10.0 Å². The van der Waals surface area contributed by atoms with Gasteiger partial charge in [-0.1, -0.05) is 29.3 Å². The molecule has 6 nitrogen and oxygen atoms in total. The Morgan fingerprint density at radius 1 is 1.19 bits per heavy atom. The second-order valence-corrected chi connectivity index (χ2v) is 8.06. The molecule has 2 aromatic carbocycles. The minimum absolute atomic E-state index is 0.0382. The zero-order valence-corrected chi connectivity index (χ0v) is 16.7. The van der Waals surface area contributed by atoms with E-state index < -0.39 is 22.0 Å². The van der Waals surface area contributed by atoms with Gasteiger partial charge in [0.2, 0.25) is 15.9 Å². The molecule has 0 aromatic heterocycles. The summed E-state index contributed by atoms with van der Waals surface area (Å²) >= 11 is 11.9. The van der Waals surface area contributed by atoms with Gasteiger partial charge in [-0.15, -0.1) is 0 Å². The highest BCUT2D eigenvalue weighted by Gasteiger charge is 2.23. The van der Waals surface area contributed by atoms with Crippen molar-refractivity contribution in [3.8, 4) is 5.75 Å². The quantitative estimate of drug-likeness (QED) is 0.752. The monoisotopic (exact) mass is 416 g/mol. The first-order chi connectivity index (χ1) is 12.2. The van der Waals surface area contributed by atoms with Gasteiger partial charge in [-0.2, -0.15) is 4.72 Å². The second kappa shape index (κ2) is 8.26. The van der Waals surface area contributed by atoms with E-state index in [4.69, 9.17) is 27.9 Å². The van der Waals surface area contributed by atoms with Crippen LogP contribution in [0.25, 0.3) is 0 Å². The SMILES string of the molecule is COc1ccc(S(=O)(=O)N[C@H](C)C(=O)Nc2cccc(Cl)c2Cl)cc1C. The van der Waals surface area contributed by atoms with E-state index in [1.54, 1.807) is 31.2 Å². The van der Waals surface area contributed by atoms with Crippen LogP contribution in [0.15, 0.2) is 41.3 Å². The van der Waals surface area contributed by atoms with Crippen LogP contribution >= 0.6 is 23.2 Å². The molecule has 2 aromatic rings. The first kappa shape index (κ1) is 20.5. The number of ether oxygens (including phenoxy) is 1. The van der Waals surface area contributed by atoms with Crippen molar-refractivity contribution in [1.29, 1.82) is 0 Å². The molecule has 0 saturated heterocycles. The third-order valence-corrected chi connectivity index (χ3v) is 5.97. The number of carbonyl (C=O) groups excluding carboxylic acids is 1. The fraction of sp³-hybridized carbons (Fsp3) is 0.235. The van der Waals surface area contributed by atoms with Crippen molar-refractivity contribution in [3.05, 3.63) is 52.0 Å². The van der Waals surface area contributed by atoms with Crippen molar-refractivity contribution in [3.63, 3.8) is 0 Å². The van der Waals surface area contributed by atoms with E-state index in [-0.39, 0.29) is 14.9 Å². The van der Waals surface area contributed by atoms with Gasteiger partial charge in [0, 0.05) is 0 Å². The number of benzene rings is 2. The number of anilines is 1. The van der Waals surface area contributed by atoms with E-state index in [1.165, 1.54) is 26.2 Å². The van der Waals surface area contributed by atoms with E-state index in [0.717, 1.165) is 0 Å². The minimum Gasteiger partial charge on any atom is -0.496 e. The van der Waals surface area contributed by atoms with Crippen LogP contribution in [0.1, 0.15) is 12.5 Å². The lowest BCUT2D eigenvalue weighted by Gasteiger charge is -2.16. The molecular weight excluding hydrogens is 399 g/mol. The third kappa shape index (κ3) is 4.67. The molecule has 9 heteroatoms. The average Bonchev–Trinajstić information content (AvgIpc) is 2.58. The smallest absolute Gasteiger partial charge is 0.242 e. The summed E-state index contributed by atoms with van der Waals surface area (Å²) in [6.07, 6.45) is 0. The molecule has 1 amide bonds. The molecule has 0 saturated carbocycles. The average molecular weight is 417 g/mol. The number of aryl methyl sites for hydroxylation is 1. The highest BCUT2D eigenvalue weighted by atomic mass is 35.5. The molecule has 2 rings (SSSR count). The Morgan fingerprint density at radius 2 is 1.88 bits per heavy atom. The Morgan fingerprint density at radius 3 is 2.50 bits per heavy atom. The van der Waals surface area contributed by atoms with Crippen LogP contribution in [-0.2, 0) is 14.8 Å². The highest BCUT2D eigenvalue weighted by molar-refractivity contribution is 7.89. The van der Waals surface area contributed by atoms with Crippen molar-refractivity contribution in [2.45, 2.75) is 24.8 Å². The second-order valence-electron chi connectivity index (χ2n) is 5.57. The molecule has 0 fully saturated rings. The first-order valence-corrected chi connectivity index (χ1v) is 9.81. The summed E-state index contributed by atoms with van der Waals surface area (Å²) in [4.78, 5) is 12.3. The summed E-state index contributed by atoms with van der Waals surface area (Å²) in [5.41, 5.74) is 0.966. The molecule has 26 heavy (non-hydrogen) atoms. The highest BCUT2D eigenvalue weighted by Crippen LogP contribution is 2.29. The van der Waals surface area contributed by atoms with E-state index in [0.29, 0.717) is 17.0 Å². The fourth-order valence-electron chi connectivity index (χ4n) is 2.21. The van der Waals surface area contributed by atoms with Gasteiger partial charge in [-0.3, -0.25) is 4.79 Å². The van der Waals surface area contributed by atoms with Crippen LogP contribution in [-0.4, -0.2) is 27.5 Å². The van der Waals surface area contributed by atoms with Gasteiger partial charge in [-0.25, -0.2) is 8.42 Å². The van der Waals surface area contributed by atoms with E-state index in [9.17, 15) is 13.2 Å². The van der Waals surface area contributed by atoms with Crippen LogP contribution in [0, 0.1) is 6.92 Å². The van der Waals surface area contributed by atoms with Crippen LogP contribution in [0.5, 0.6) is 5.75 Å². The Bertz CT molecular complexity index is 932. The van der Waals surface area contributed by atoms with Crippen LogP contribution in [0.4, 0.5) is 5.69 Å². The standard InChI is InChI=1S/C17H18Cl2N2O4S/c1-10-9-12(7-8-15(10)25-3)26(23,24)21-11(2)17(22)20-14-6-4-5-13(18)16(14)19/h4-9,11,21H,1-3H3,(H,20,22)/t11-/m1/s1. The lowest BCUT2D eigenvalue weighted by atomic mass is 10.2. The van der Waals surface area contributed by atoms with Crippen molar-refractivity contribution < 1.29 is 17.9 Å². The number of carbonyl (C=O) groups is 1. The van der Waals surface area contributed by atoms with Gasteiger partial charge in [0.05, 0.1) is 33.8 Å². The molecule has 2 N–H and O–H groups in total. The molecular formula is C17H18Cl2N2O4S. The summed E-state index contributed by atoms with van der Waals surface area (Å²) < 4.78 is 32.4. The third-order valence-electron chi connectivity index (χ3n) is 3.61. The van der Waals surface area contributed by atoms with Crippen molar-refractivity contribution in [1.82, 2.24) is 4.72 Å². The number of amides is 1. The Kier molecular flexibility index (Phi) is 6.52. The Hall–Kier alpha value is -1.80. The van der Waals surface area contributed by atoms with Gasteiger partial charge in [-0.05, 0) is 49.7 Å². The fourth-order valence-corrected chi connectivity index (χ4v) is 3.85. The zero-order valence-electron chi connectivity index (χ0n) is 14.3. The summed E-state index contributed by atoms with van der Waals surface area (Å²) in [6.45, 7) is 3.16. The number of sulfonamides is 1. The van der Waals surface area contributed by atoms with Crippen LogP contribution in [0.3, 0.4) is 0 Å². The Labute approximate surface area is 162 Å². The summed E-state index contributed by atoms with van der Waals surface area (Å²) in [6, 6.07) is 8.18. The number of nitrogens with one attached hydrogen (secondary N) is 2. The maximum Gasteiger partial charge on any atom is 0.242 e. The lowest BCUT2D eigenvalue weighted by molar-refractivity contribution is -0.117. The van der Waals surface area contributed by atoms with Crippen molar-refractivity contribution >= 4 is 44.8 Å². The van der Waals surface area contributed by atoms with Gasteiger partial charge >= 0.3 is 0 Å². The minimum atomic E-state index is -3.89. The van der Waals surface area contributed by atoms with Crippen LogP contribution < -0.4 is 14.8 Å². The number of rotatable bonds is 6. The van der Waals surface area contributed by atoms with Crippen molar-refractivity contribution in [2.24, 2.45) is 0 Å². The predicted molar refractivity (Wildman–Crippen MR) is 103 cm³/mol. The molecule has 1 atom stereocenters. The summed E-state index contributed by atoms with van der Waals surface area (Å²) in [7, 11) is -2.39. The molecule has 0 aliphatic rings. The molecule has 0 bridgehead atoms. The molecule has 0 unspecified atom stereocenters. The maximum atomic E-state index is 12.5.